The molecule has 0 bridgehead atoms. The second-order valence-corrected chi connectivity index (χ2v) is 6.84. The summed E-state index contributed by atoms with van der Waals surface area (Å²) in [5.74, 6) is 2.98. The Hall–Kier alpha value is -3.22. The molecule has 1 N–H and O–H groups in total. The van der Waals surface area contributed by atoms with Gasteiger partial charge >= 0.3 is 0 Å². The van der Waals surface area contributed by atoms with Crippen LogP contribution in [0, 0.1) is 0 Å². The Kier molecular flexibility index (Phi) is 4.04. The van der Waals surface area contributed by atoms with Crippen LogP contribution in [0.4, 0.5) is 5.82 Å². The molecule has 0 radical (unpaired) electrons. The number of aromatic nitrogens is 6. The quantitative estimate of drug-likeness (QED) is 0.605. The summed E-state index contributed by atoms with van der Waals surface area (Å²) in [6.45, 7) is 1.61. The van der Waals surface area contributed by atoms with Crippen molar-refractivity contribution in [2.75, 3.05) is 5.32 Å². The van der Waals surface area contributed by atoms with Crippen molar-refractivity contribution in [2.24, 2.45) is 0 Å². The molecule has 7 nitrogen and oxygen atoms in total. The number of benzene rings is 1. The fraction of sp³-hybridized carbons (Fsp3) is 0.300. The highest BCUT2D eigenvalue weighted by Gasteiger charge is 2.15. The van der Waals surface area contributed by atoms with Gasteiger partial charge in [0.15, 0.2) is 11.5 Å². The predicted octanol–water partition coefficient (Wildman–Crippen LogP) is 3.33. The van der Waals surface area contributed by atoms with Crippen molar-refractivity contribution in [3.8, 4) is 11.3 Å². The van der Waals surface area contributed by atoms with Crippen molar-refractivity contribution in [2.45, 2.75) is 38.8 Å². The van der Waals surface area contributed by atoms with E-state index in [0.29, 0.717) is 6.54 Å². The summed E-state index contributed by atoms with van der Waals surface area (Å²) < 4.78 is 4.09. The molecule has 0 atom stereocenters. The number of hydrogen-bond acceptors (Lipinski definition) is 5. The number of hydrogen-bond donors (Lipinski definition) is 1. The third kappa shape index (κ3) is 3.05. The first kappa shape index (κ1) is 16.0. The number of aryl methyl sites for hydroxylation is 1. The second kappa shape index (κ2) is 6.83. The van der Waals surface area contributed by atoms with Crippen molar-refractivity contribution >= 4 is 11.5 Å². The van der Waals surface area contributed by atoms with Gasteiger partial charge in [0.25, 0.3) is 0 Å². The standard InChI is InChI=1S/C20H21N7/c1-3-7-15(8-4-1)16-13-19(27-17(23-16)10-11-22-27)21-14-20-25-24-18-9-5-2-6-12-26(18)20/h1,3-4,7-8,10-11,13,21H,2,5-6,9,12,14H2. The number of nitrogens with zero attached hydrogens (tertiary/aromatic N) is 6. The molecule has 27 heavy (non-hydrogen) atoms. The molecule has 3 aromatic heterocycles. The third-order valence-corrected chi connectivity index (χ3v) is 5.04. The van der Waals surface area contributed by atoms with Gasteiger partial charge < -0.3 is 9.88 Å². The molecule has 0 unspecified atom stereocenters. The van der Waals surface area contributed by atoms with Gasteiger partial charge in [0.1, 0.15) is 11.6 Å². The first-order valence-electron chi connectivity index (χ1n) is 9.43. The molecule has 1 aliphatic heterocycles. The van der Waals surface area contributed by atoms with Crippen LogP contribution in [0.15, 0.2) is 48.7 Å². The van der Waals surface area contributed by atoms with Crippen molar-refractivity contribution in [1.29, 1.82) is 0 Å². The van der Waals surface area contributed by atoms with Crippen LogP contribution in [-0.2, 0) is 19.5 Å². The van der Waals surface area contributed by atoms with Gasteiger partial charge in [-0.05, 0) is 12.8 Å². The van der Waals surface area contributed by atoms with Gasteiger partial charge in [-0.15, -0.1) is 10.2 Å². The molecule has 0 spiro atoms. The molecular weight excluding hydrogens is 338 g/mol. The van der Waals surface area contributed by atoms with E-state index in [0.717, 1.165) is 47.3 Å². The van der Waals surface area contributed by atoms with Crippen LogP contribution >= 0.6 is 0 Å². The van der Waals surface area contributed by atoms with E-state index in [2.05, 4.69) is 37.3 Å². The van der Waals surface area contributed by atoms with Crippen molar-refractivity contribution in [1.82, 2.24) is 29.4 Å². The SMILES string of the molecule is c1ccc(-c2cc(NCc3nnc4n3CCCCC4)n3nccc3n2)cc1. The lowest BCUT2D eigenvalue weighted by atomic mass is 10.1. The normalized spacial score (nSPS) is 14.1. The lowest BCUT2D eigenvalue weighted by Gasteiger charge is -2.12. The van der Waals surface area contributed by atoms with Crippen molar-refractivity contribution in [3.05, 3.63) is 60.3 Å². The lowest BCUT2D eigenvalue weighted by Crippen LogP contribution is -2.12. The molecule has 0 aliphatic carbocycles. The average Bonchev–Trinajstić information content (AvgIpc) is 3.27. The van der Waals surface area contributed by atoms with E-state index in [-0.39, 0.29) is 0 Å². The highest BCUT2D eigenvalue weighted by Crippen LogP contribution is 2.22. The van der Waals surface area contributed by atoms with Crippen molar-refractivity contribution in [3.63, 3.8) is 0 Å². The first-order valence-corrected chi connectivity index (χ1v) is 9.43. The van der Waals surface area contributed by atoms with Crippen LogP contribution < -0.4 is 5.32 Å². The van der Waals surface area contributed by atoms with Gasteiger partial charge in [0, 0.05) is 30.7 Å². The minimum Gasteiger partial charge on any atom is -0.363 e. The molecule has 0 saturated carbocycles. The van der Waals surface area contributed by atoms with Crippen LogP contribution in [0.25, 0.3) is 16.9 Å². The third-order valence-electron chi connectivity index (χ3n) is 5.04. The van der Waals surface area contributed by atoms with E-state index in [1.54, 1.807) is 6.20 Å². The second-order valence-electron chi connectivity index (χ2n) is 6.84. The van der Waals surface area contributed by atoms with Gasteiger partial charge in [0.2, 0.25) is 0 Å². The summed E-state index contributed by atoms with van der Waals surface area (Å²) in [4.78, 5) is 4.72. The maximum absolute atomic E-state index is 4.72. The highest BCUT2D eigenvalue weighted by atomic mass is 15.3. The predicted molar refractivity (Wildman–Crippen MR) is 103 cm³/mol. The van der Waals surface area contributed by atoms with Crippen molar-refractivity contribution < 1.29 is 0 Å². The van der Waals surface area contributed by atoms with Gasteiger partial charge in [-0.3, -0.25) is 0 Å². The van der Waals surface area contributed by atoms with E-state index in [9.17, 15) is 0 Å². The smallest absolute Gasteiger partial charge is 0.157 e. The monoisotopic (exact) mass is 359 g/mol. The van der Waals surface area contributed by atoms with E-state index in [1.807, 2.05) is 34.8 Å². The highest BCUT2D eigenvalue weighted by molar-refractivity contribution is 5.66. The Morgan fingerprint density at radius 2 is 1.93 bits per heavy atom. The Balaban J connectivity index is 1.47. The zero-order valence-corrected chi connectivity index (χ0v) is 15.0. The molecule has 0 fully saturated rings. The summed E-state index contributed by atoms with van der Waals surface area (Å²) in [5.41, 5.74) is 2.82. The number of fused-ring (bicyclic) bond motifs is 2. The summed E-state index contributed by atoms with van der Waals surface area (Å²) in [7, 11) is 0. The molecule has 0 saturated heterocycles. The molecule has 5 rings (SSSR count). The number of rotatable bonds is 4. The molecule has 136 valence electrons. The summed E-state index contributed by atoms with van der Waals surface area (Å²) in [6.07, 6.45) is 6.43. The van der Waals surface area contributed by atoms with E-state index < -0.39 is 0 Å². The number of anilines is 1. The van der Waals surface area contributed by atoms with Crippen LogP contribution in [0.5, 0.6) is 0 Å². The number of nitrogens with one attached hydrogen (secondary N) is 1. The van der Waals surface area contributed by atoms with Crippen LogP contribution in [-0.4, -0.2) is 29.4 Å². The molecule has 7 heteroatoms. The molecular formula is C20H21N7. The summed E-state index contributed by atoms with van der Waals surface area (Å²) in [5, 5.41) is 16.7. The van der Waals surface area contributed by atoms with Crippen LogP contribution in [0.1, 0.15) is 30.9 Å². The maximum atomic E-state index is 4.72. The Labute approximate surface area is 157 Å². The van der Waals surface area contributed by atoms with E-state index >= 15 is 0 Å². The topological polar surface area (TPSA) is 72.9 Å². The minimum atomic E-state index is 0.611. The van der Waals surface area contributed by atoms with Crippen LogP contribution in [0.3, 0.4) is 0 Å². The fourth-order valence-electron chi connectivity index (χ4n) is 3.64. The van der Waals surface area contributed by atoms with E-state index in [4.69, 9.17) is 4.98 Å². The molecule has 4 aromatic rings. The van der Waals surface area contributed by atoms with E-state index in [1.165, 1.54) is 19.3 Å². The Morgan fingerprint density at radius 1 is 1.00 bits per heavy atom. The maximum Gasteiger partial charge on any atom is 0.157 e. The summed E-state index contributed by atoms with van der Waals surface area (Å²) >= 11 is 0. The average molecular weight is 359 g/mol. The van der Waals surface area contributed by atoms with Gasteiger partial charge in [-0.2, -0.15) is 9.61 Å². The van der Waals surface area contributed by atoms with Gasteiger partial charge in [0.05, 0.1) is 18.4 Å². The Morgan fingerprint density at radius 3 is 2.85 bits per heavy atom. The Bertz CT molecular complexity index is 1060. The molecule has 4 heterocycles. The lowest BCUT2D eigenvalue weighted by molar-refractivity contribution is 0.609. The fourth-order valence-corrected chi connectivity index (χ4v) is 3.64. The zero-order chi connectivity index (χ0) is 18.1. The minimum absolute atomic E-state index is 0.611. The van der Waals surface area contributed by atoms with Gasteiger partial charge in [-0.1, -0.05) is 36.8 Å². The zero-order valence-electron chi connectivity index (χ0n) is 15.0. The van der Waals surface area contributed by atoms with Gasteiger partial charge in [-0.25, -0.2) is 4.98 Å². The van der Waals surface area contributed by atoms with Crippen LogP contribution in [0.2, 0.25) is 0 Å². The molecule has 1 aliphatic rings. The largest absolute Gasteiger partial charge is 0.363 e. The summed E-state index contributed by atoms with van der Waals surface area (Å²) in [6, 6.07) is 14.1. The first-order chi connectivity index (χ1) is 13.4. The molecule has 0 amide bonds. The molecule has 1 aromatic carbocycles.